The van der Waals surface area contributed by atoms with Crippen molar-refractivity contribution in [1.29, 1.82) is 0 Å². The number of methoxy groups -OCH3 is 2. The second-order valence-corrected chi connectivity index (χ2v) is 7.62. The molecule has 0 radical (unpaired) electrons. The molecule has 7 heteroatoms. The van der Waals surface area contributed by atoms with E-state index in [4.69, 9.17) is 9.47 Å². The second-order valence-electron chi connectivity index (χ2n) is 6.76. The summed E-state index contributed by atoms with van der Waals surface area (Å²) in [6, 6.07) is 8.58. The molecule has 0 spiro atoms. The van der Waals surface area contributed by atoms with Gasteiger partial charge in [0.25, 0.3) is 0 Å². The van der Waals surface area contributed by atoms with Crippen molar-refractivity contribution in [3.63, 3.8) is 0 Å². The van der Waals surface area contributed by atoms with Crippen LogP contribution in [0.25, 0.3) is 0 Å². The maximum Gasteiger partial charge on any atom is 0.322 e. The monoisotopic (exact) mass is 448 g/mol. The zero-order valence-corrected chi connectivity index (χ0v) is 17.9. The van der Waals surface area contributed by atoms with Crippen LogP contribution in [0.2, 0.25) is 0 Å². The Morgan fingerprint density at radius 2 is 2.04 bits per heavy atom. The number of hydrogen-bond acceptors (Lipinski definition) is 4. The maximum absolute atomic E-state index is 13.0. The van der Waals surface area contributed by atoms with Crippen molar-refractivity contribution in [3.05, 3.63) is 51.5 Å². The lowest BCUT2D eigenvalue weighted by Crippen LogP contribution is -2.37. The lowest BCUT2D eigenvalue weighted by molar-refractivity contribution is 0.158. The number of amides is 2. The van der Waals surface area contributed by atoms with E-state index in [9.17, 15) is 9.90 Å². The molecule has 3 rings (SSSR count). The summed E-state index contributed by atoms with van der Waals surface area (Å²) in [4.78, 5) is 14.5. The molecule has 0 heterocycles. The molecule has 0 aromatic heterocycles. The summed E-state index contributed by atoms with van der Waals surface area (Å²) >= 11 is 3.50. The number of likely N-dealkylation sites (N-methyl/N-ethyl adjacent to an activating group) is 1. The van der Waals surface area contributed by atoms with Gasteiger partial charge in [-0.25, -0.2) is 4.79 Å². The molecule has 150 valence electrons. The number of nitrogens with zero attached hydrogens (tertiary/aromatic N) is 1. The molecule has 1 atom stereocenters. The summed E-state index contributed by atoms with van der Waals surface area (Å²) in [5.74, 6) is 1.30. The first-order valence-corrected chi connectivity index (χ1v) is 9.96. The third-order valence-corrected chi connectivity index (χ3v) is 5.94. The molecule has 2 aromatic rings. The van der Waals surface area contributed by atoms with Gasteiger partial charge < -0.3 is 24.8 Å². The first kappa shape index (κ1) is 20.5. The number of hydrogen-bond donors (Lipinski definition) is 2. The Labute approximate surface area is 173 Å². The van der Waals surface area contributed by atoms with E-state index < -0.39 is 6.04 Å². The normalized spacial score (nSPS) is 13.6. The fourth-order valence-electron chi connectivity index (χ4n) is 3.62. The Bertz CT molecular complexity index is 872. The van der Waals surface area contributed by atoms with Crippen molar-refractivity contribution < 1.29 is 19.4 Å². The molecule has 1 aliphatic rings. The van der Waals surface area contributed by atoms with Crippen molar-refractivity contribution in [2.75, 3.05) is 33.2 Å². The van der Waals surface area contributed by atoms with Gasteiger partial charge in [0.1, 0.15) is 11.5 Å². The number of benzene rings is 2. The zero-order valence-electron chi connectivity index (χ0n) is 16.3. The van der Waals surface area contributed by atoms with Gasteiger partial charge in [0.15, 0.2) is 0 Å². The van der Waals surface area contributed by atoms with Crippen molar-refractivity contribution >= 4 is 27.6 Å². The molecule has 0 saturated heterocycles. The fraction of sp³-hybridized carbons (Fsp3) is 0.381. The summed E-state index contributed by atoms with van der Waals surface area (Å²) in [5, 5.41) is 13.0. The lowest BCUT2D eigenvalue weighted by Gasteiger charge is -2.29. The third-order valence-electron chi connectivity index (χ3n) is 5.22. The van der Waals surface area contributed by atoms with Gasteiger partial charge in [0, 0.05) is 11.5 Å². The van der Waals surface area contributed by atoms with E-state index in [0.717, 1.165) is 40.5 Å². The van der Waals surface area contributed by atoms with Gasteiger partial charge in [-0.3, -0.25) is 0 Å². The molecular weight excluding hydrogens is 424 g/mol. The number of carbonyl (C=O) groups is 1. The Hall–Kier alpha value is -2.25. The van der Waals surface area contributed by atoms with Crippen LogP contribution in [0.1, 0.15) is 29.2 Å². The Balaban J connectivity index is 1.88. The number of rotatable bonds is 6. The minimum Gasteiger partial charge on any atom is -0.497 e. The van der Waals surface area contributed by atoms with Crippen LogP contribution in [0.4, 0.5) is 10.5 Å². The van der Waals surface area contributed by atoms with Crippen molar-refractivity contribution in [3.8, 4) is 11.5 Å². The van der Waals surface area contributed by atoms with Gasteiger partial charge in [-0.15, -0.1) is 0 Å². The van der Waals surface area contributed by atoms with Crippen LogP contribution in [-0.2, 0) is 12.8 Å². The number of aryl methyl sites for hydroxylation is 1. The van der Waals surface area contributed by atoms with Gasteiger partial charge in [-0.05, 0) is 60.2 Å². The predicted octanol–water partition coefficient (Wildman–Crippen LogP) is 4.15. The third kappa shape index (κ3) is 3.95. The summed E-state index contributed by atoms with van der Waals surface area (Å²) < 4.78 is 11.5. The molecule has 2 amide bonds. The topological polar surface area (TPSA) is 71.0 Å². The van der Waals surface area contributed by atoms with Crippen molar-refractivity contribution in [2.24, 2.45) is 0 Å². The zero-order chi connectivity index (χ0) is 20.3. The largest absolute Gasteiger partial charge is 0.497 e. The molecule has 0 fully saturated rings. The predicted molar refractivity (Wildman–Crippen MR) is 112 cm³/mol. The number of aliphatic hydroxyl groups is 1. The van der Waals surface area contributed by atoms with Crippen LogP contribution < -0.4 is 14.8 Å². The van der Waals surface area contributed by atoms with Gasteiger partial charge in [-0.1, -0.05) is 22.0 Å². The minimum atomic E-state index is -0.535. The summed E-state index contributed by atoms with van der Waals surface area (Å²) in [6.45, 7) is -0.223. The number of nitrogens with one attached hydrogen (secondary N) is 1. The van der Waals surface area contributed by atoms with Crippen molar-refractivity contribution in [1.82, 2.24) is 4.90 Å². The van der Waals surface area contributed by atoms with Crippen LogP contribution in [0, 0.1) is 0 Å². The number of fused-ring (bicyclic) bond motifs is 1. The smallest absolute Gasteiger partial charge is 0.322 e. The Morgan fingerprint density at radius 3 is 2.71 bits per heavy atom. The van der Waals surface area contributed by atoms with Crippen LogP contribution >= 0.6 is 15.9 Å². The molecule has 1 aliphatic carbocycles. The minimum absolute atomic E-state index is 0.223. The highest BCUT2D eigenvalue weighted by Gasteiger charge is 2.26. The van der Waals surface area contributed by atoms with E-state index in [2.05, 4.69) is 27.3 Å². The molecule has 28 heavy (non-hydrogen) atoms. The first-order chi connectivity index (χ1) is 13.5. The Kier molecular flexibility index (Phi) is 6.46. The number of urea groups is 1. The maximum atomic E-state index is 13.0. The van der Waals surface area contributed by atoms with E-state index in [1.54, 1.807) is 21.3 Å². The molecular formula is C21H25BrN2O4. The van der Waals surface area contributed by atoms with Crippen LogP contribution in [0.5, 0.6) is 11.5 Å². The van der Waals surface area contributed by atoms with E-state index in [1.165, 1.54) is 10.5 Å². The SMILES string of the molecule is COc1ccc(Br)c(C(CO)N(C)C(=O)Nc2c(OC)ccc3c2CCC3)c1. The van der Waals surface area contributed by atoms with E-state index in [-0.39, 0.29) is 12.6 Å². The fourth-order valence-corrected chi connectivity index (χ4v) is 4.13. The quantitative estimate of drug-likeness (QED) is 0.695. The van der Waals surface area contributed by atoms with Gasteiger partial charge >= 0.3 is 6.03 Å². The number of halogens is 1. The summed E-state index contributed by atoms with van der Waals surface area (Å²) in [7, 11) is 4.84. The van der Waals surface area contributed by atoms with E-state index in [0.29, 0.717) is 11.5 Å². The lowest BCUT2D eigenvalue weighted by atomic mass is 10.1. The van der Waals surface area contributed by atoms with Gasteiger partial charge in [-0.2, -0.15) is 0 Å². The molecule has 2 aromatic carbocycles. The highest BCUT2D eigenvalue weighted by atomic mass is 79.9. The average Bonchev–Trinajstić information content (AvgIpc) is 3.19. The summed E-state index contributed by atoms with van der Waals surface area (Å²) in [5.41, 5.74) is 3.86. The molecule has 6 nitrogen and oxygen atoms in total. The van der Waals surface area contributed by atoms with Crippen molar-refractivity contribution in [2.45, 2.75) is 25.3 Å². The molecule has 0 saturated carbocycles. The van der Waals surface area contributed by atoms with E-state index in [1.807, 2.05) is 24.3 Å². The molecule has 0 bridgehead atoms. The average molecular weight is 449 g/mol. The van der Waals surface area contributed by atoms with Gasteiger partial charge in [0.05, 0.1) is 32.6 Å². The highest BCUT2D eigenvalue weighted by Crippen LogP contribution is 2.37. The first-order valence-electron chi connectivity index (χ1n) is 9.17. The number of anilines is 1. The number of aliphatic hydroxyl groups excluding tert-OH is 1. The van der Waals surface area contributed by atoms with E-state index >= 15 is 0 Å². The van der Waals surface area contributed by atoms with Crippen LogP contribution in [0.15, 0.2) is 34.8 Å². The van der Waals surface area contributed by atoms with Crippen LogP contribution in [0.3, 0.4) is 0 Å². The molecule has 1 unspecified atom stereocenters. The van der Waals surface area contributed by atoms with Gasteiger partial charge in [0.2, 0.25) is 0 Å². The molecule has 2 N–H and O–H groups in total. The molecule has 0 aliphatic heterocycles. The number of ether oxygens (including phenoxy) is 2. The summed E-state index contributed by atoms with van der Waals surface area (Å²) in [6.07, 6.45) is 2.99. The Morgan fingerprint density at radius 1 is 1.25 bits per heavy atom. The standard InChI is InChI=1S/C21H25BrN2O4/c1-24(18(12-25)16-11-14(27-2)8-9-17(16)22)21(26)23-20-15-6-4-5-13(15)7-10-19(20)28-3/h7-11,18,25H,4-6,12H2,1-3H3,(H,23,26). The van der Waals surface area contributed by atoms with Crippen LogP contribution in [-0.4, -0.2) is 43.9 Å². The highest BCUT2D eigenvalue weighted by molar-refractivity contribution is 9.10. The second kappa shape index (κ2) is 8.84. The number of carbonyl (C=O) groups excluding carboxylic acids is 1.